The van der Waals surface area contributed by atoms with Gasteiger partial charge in [0.1, 0.15) is 5.82 Å². The van der Waals surface area contributed by atoms with Gasteiger partial charge >= 0.3 is 11.8 Å². The number of benzene rings is 2. The van der Waals surface area contributed by atoms with Crippen LogP contribution in [0.15, 0.2) is 46.9 Å². The number of carbonyl (C=O) groups is 2. The van der Waals surface area contributed by atoms with Gasteiger partial charge in [0, 0.05) is 15.8 Å². The molecule has 0 heterocycles. The number of carbonyl (C=O) groups excluding carboxylic acids is 2. The molecule has 2 N–H and O–H groups in total. The molecule has 0 atom stereocenters. The summed E-state index contributed by atoms with van der Waals surface area (Å²) in [5.74, 6) is -2.18. The van der Waals surface area contributed by atoms with Crippen molar-refractivity contribution in [1.82, 2.24) is 0 Å². The summed E-state index contributed by atoms with van der Waals surface area (Å²) in [6, 6.07) is 10.5. The minimum Gasteiger partial charge on any atom is -0.318 e. The molecule has 6 heteroatoms. The number of aryl methyl sites for hydroxylation is 1. The van der Waals surface area contributed by atoms with Crippen LogP contribution in [0.4, 0.5) is 15.8 Å². The molecular weight excluding hydrogens is 339 g/mol. The molecule has 0 aliphatic carbocycles. The van der Waals surface area contributed by atoms with Crippen LogP contribution in [0.2, 0.25) is 0 Å². The minimum atomic E-state index is -0.864. The van der Waals surface area contributed by atoms with Gasteiger partial charge in [-0.3, -0.25) is 9.59 Å². The fourth-order valence-corrected chi connectivity index (χ4v) is 1.99. The Bertz CT molecular complexity index is 704. The van der Waals surface area contributed by atoms with E-state index >= 15 is 0 Å². The maximum absolute atomic E-state index is 13.0. The molecule has 21 heavy (non-hydrogen) atoms. The molecule has 0 fully saturated rings. The van der Waals surface area contributed by atoms with Crippen LogP contribution in [0, 0.1) is 12.7 Å². The van der Waals surface area contributed by atoms with Gasteiger partial charge in [-0.2, -0.15) is 0 Å². The molecule has 0 aliphatic heterocycles. The van der Waals surface area contributed by atoms with Crippen LogP contribution in [-0.2, 0) is 9.59 Å². The van der Waals surface area contributed by atoms with Crippen molar-refractivity contribution in [2.75, 3.05) is 10.6 Å². The number of hydrogen-bond donors (Lipinski definition) is 2. The second kappa shape index (κ2) is 6.49. The van der Waals surface area contributed by atoms with E-state index in [-0.39, 0.29) is 5.69 Å². The van der Waals surface area contributed by atoms with Crippen molar-refractivity contribution in [3.8, 4) is 0 Å². The minimum absolute atomic E-state index is 0.222. The van der Waals surface area contributed by atoms with Crippen molar-refractivity contribution in [2.24, 2.45) is 0 Å². The Hall–Kier alpha value is -2.21. The highest BCUT2D eigenvalue weighted by Gasteiger charge is 2.14. The van der Waals surface area contributed by atoms with E-state index in [2.05, 4.69) is 26.6 Å². The van der Waals surface area contributed by atoms with Crippen molar-refractivity contribution in [3.05, 3.63) is 58.3 Å². The molecule has 0 saturated heterocycles. The van der Waals surface area contributed by atoms with E-state index in [0.29, 0.717) is 5.69 Å². The lowest BCUT2D eigenvalue weighted by molar-refractivity contribution is -0.133. The summed E-state index contributed by atoms with van der Waals surface area (Å²) in [4.78, 5) is 23.5. The van der Waals surface area contributed by atoms with E-state index in [1.165, 1.54) is 18.2 Å². The van der Waals surface area contributed by atoms with Gasteiger partial charge in [0.15, 0.2) is 0 Å². The summed E-state index contributed by atoms with van der Waals surface area (Å²) in [5.41, 5.74) is 1.73. The SMILES string of the molecule is Cc1ccc(NC(=O)C(=O)Nc2cccc(F)c2)cc1Br. The molecule has 2 rings (SSSR count). The third-order valence-corrected chi connectivity index (χ3v) is 3.57. The fourth-order valence-electron chi connectivity index (χ4n) is 1.61. The fraction of sp³-hybridized carbons (Fsp3) is 0.0667. The van der Waals surface area contributed by atoms with Crippen LogP contribution in [0.25, 0.3) is 0 Å². The third-order valence-electron chi connectivity index (χ3n) is 2.72. The van der Waals surface area contributed by atoms with E-state index < -0.39 is 17.6 Å². The van der Waals surface area contributed by atoms with Crippen LogP contribution in [0.3, 0.4) is 0 Å². The maximum Gasteiger partial charge on any atom is 0.314 e. The molecule has 4 nitrogen and oxygen atoms in total. The van der Waals surface area contributed by atoms with Gasteiger partial charge in [-0.15, -0.1) is 0 Å². The molecule has 2 aromatic rings. The smallest absolute Gasteiger partial charge is 0.314 e. The lowest BCUT2D eigenvalue weighted by atomic mass is 10.2. The van der Waals surface area contributed by atoms with Crippen LogP contribution in [0.5, 0.6) is 0 Å². The third kappa shape index (κ3) is 4.13. The van der Waals surface area contributed by atoms with Gasteiger partial charge < -0.3 is 10.6 Å². The summed E-state index contributed by atoms with van der Waals surface area (Å²) in [5, 5.41) is 4.80. The standard InChI is InChI=1S/C15H12BrFN2O2/c1-9-5-6-12(8-13(9)16)19-15(21)14(20)18-11-4-2-3-10(17)7-11/h2-8H,1H3,(H,18,20)(H,19,21). The molecule has 0 unspecified atom stereocenters. The Balaban J connectivity index is 2.02. The van der Waals surface area contributed by atoms with Gasteiger partial charge in [0.2, 0.25) is 0 Å². The van der Waals surface area contributed by atoms with E-state index in [9.17, 15) is 14.0 Å². The number of amides is 2. The predicted molar refractivity (Wildman–Crippen MR) is 82.5 cm³/mol. The number of anilines is 2. The van der Waals surface area contributed by atoms with Crippen LogP contribution in [-0.4, -0.2) is 11.8 Å². The Morgan fingerprint density at radius 1 is 1.00 bits per heavy atom. The zero-order valence-electron chi connectivity index (χ0n) is 11.1. The van der Waals surface area contributed by atoms with Crippen LogP contribution >= 0.6 is 15.9 Å². The summed E-state index contributed by atoms with van der Waals surface area (Å²) >= 11 is 3.34. The topological polar surface area (TPSA) is 58.2 Å². The van der Waals surface area contributed by atoms with E-state index in [4.69, 9.17) is 0 Å². The summed E-state index contributed by atoms with van der Waals surface area (Å²) < 4.78 is 13.8. The highest BCUT2D eigenvalue weighted by molar-refractivity contribution is 9.10. The zero-order chi connectivity index (χ0) is 15.4. The first-order valence-corrected chi connectivity index (χ1v) is 6.89. The summed E-state index contributed by atoms with van der Waals surface area (Å²) in [6.07, 6.45) is 0. The lowest BCUT2D eigenvalue weighted by Gasteiger charge is -2.08. The summed E-state index contributed by atoms with van der Waals surface area (Å²) in [6.45, 7) is 1.91. The average molecular weight is 351 g/mol. The zero-order valence-corrected chi connectivity index (χ0v) is 12.7. The largest absolute Gasteiger partial charge is 0.318 e. The molecule has 0 spiro atoms. The monoisotopic (exact) mass is 350 g/mol. The number of rotatable bonds is 2. The number of nitrogens with one attached hydrogen (secondary N) is 2. The normalized spacial score (nSPS) is 10.0. The van der Waals surface area contributed by atoms with Gasteiger partial charge in [-0.25, -0.2) is 4.39 Å². The molecular formula is C15H12BrFN2O2. The molecule has 0 radical (unpaired) electrons. The molecule has 108 valence electrons. The molecule has 0 aromatic heterocycles. The maximum atomic E-state index is 13.0. The van der Waals surface area contributed by atoms with Crippen molar-refractivity contribution in [3.63, 3.8) is 0 Å². The van der Waals surface area contributed by atoms with E-state index in [0.717, 1.165) is 16.1 Å². The first kappa shape index (κ1) is 15.2. The molecule has 0 saturated carbocycles. The highest BCUT2D eigenvalue weighted by Crippen LogP contribution is 2.20. The number of halogens is 2. The van der Waals surface area contributed by atoms with Crippen molar-refractivity contribution >= 4 is 39.1 Å². The Labute approximate surface area is 129 Å². The molecule has 0 bridgehead atoms. The Kier molecular flexibility index (Phi) is 4.70. The van der Waals surface area contributed by atoms with Crippen molar-refractivity contribution in [2.45, 2.75) is 6.92 Å². The van der Waals surface area contributed by atoms with Crippen LogP contribution < -0.4 is 10.6 Å². The van der Waals surface area contributed by atoms with Crippen molar-refractivity contribution < 1.29 is 14.0 Å². The average Bonchev–Trinajstić information content (AvgIpc) is 2.43. The van der Waals surface area contributed by atoms with E-state index in [1.807, 2.05) is 13.0 Å². The Morgan fingerprint density at radius 3 is 2.19 bits per heavy atom. The molecule has 0 aliphatic rings. The quantitative estimate of drug-likeness (QED) is 0.814. The van der Waals surface area contributed by atoms with Crippen LogP contribution in [0.1, 0.15) is 5.56 Å². The van der Waals surface area contributed by atoms with Gasteiger partial charge in [0.05, 0.1) is 0 Å². The van der Waals surface area contributed by atoms with E-state index in [1.54, 1.807) is 12.1 Å². The predicted octanol–water partition coefficient (Wildman–Crippen LogP) is 3.47. The number of hydrogen-bond acceptors (Lipinski definition) is 2. The van der Waals surface area contributed by atoms with Gasteiger partial charge in [-0.1, -0.05) is 28.1 Å². The first-order chi connectivity index (χ1) is 9.95. The second-order valence-electron chi connectivity index (χ2n) is 4.38. The Morgan fingerprint density at radius 2 is 1.62 bits per heavy atom. The molecule has 2 aromatic carbocycles. The molecule has 2 amide bonds. The second-order valence-corrected chi connectivity index (χ2v) is 5.24. The van der Waals surface area contributed by atoms with Crippen molar-refractivity contribution in [1.29, 1.82) is 0 Å². The highest BCUT2D eigenvalue weighted by atomic mass is 79.9. The summed E-state index contributed by atoms with van der Waals surface area (Å²) in [7, 11) is 0. The van der Waals surface area contributed by atoms with Gasteiger partial charge in [-0.05, 0) is 42.8 Å². The lowest BCUT2D eigenvalue weighted by Crippen LogP contribution is -2.29. The van der Waals surface area contributed by atoms with Gasteiger partial charge in [0.25, 0.3) is 0 Å². The first-order valence-electron chi connectivity index (χ1n) is 6.10.